The third kappa shape index (κ3) is 14.8. The Morgan fingerprint density at radius 2 is 1.05 bits per heavy atom. The zero-order valence-electron chi connectivity index (χ0n) is 11.1. The molecule has 0 bridgehead atoms. The Bertz CT molecular complexity index is 254. The number of aliphatic carboxylic acids is 2. The second-order valence-corrected chi connectivity index (χ2v) is 3.62. The Hall–Kier alpha value is -1.30. The molecule has 0 saturated heterocycles. The first kappa shape index (κ1) is 21.0. The summed E-state index contributed by atoms with van der Waals surface area (Å²) in [6.45, 7) is -0.972. The summed E-state index contributed by atoms with van der Waals surface area (Å²) in [6.07, 6.45) is 0. The third-order valence-electron chi connectivity index (χ3n) is 1.95. The van der Waals surface area contributed by atoms with Crippen molar-refractivity contribution >= 4 is 11.9 Å². The van der Waals surface area contributed by atoms with Crippen molar-refractivity contribution in [2.45, 2.75) is 0 Å². The van der Waals surface area contributed by atoms with E-state index in [4.69, 9.17) is 30.6 Å². The molecule has 0 saturated carbocycles. The van der Waals surface area contributed by atoms with Crippen LogP contribution in [-0.4, -0.2) is 105 Å². The molecule has 0 spiro atoms. The maximum Gasteiger partial charge on any atom is 0.317 e. The minimum Gasteiger partial charge on any atom is -0.480 e. The van der Waals surface area contributed by atoms with Crippen molar-refractivity contribution < 1.29 is 40.2 Å². The molecule has 0 fully saturated rings. The van der Waals surface area contributed by atoms with Gasteiger partial charge in [-0.3, -0.25) is 14.5 Å². The summed E-state index contributed by atoms with van der Waals surface area (Å²) in [6, 6.07) is 0. The van der Waals surface area contributed by atoms with E-state index in [2.05, 4.69) is 0 Å². The summed E-state index contributed by atoms with van der Waals surface area (Å²) >= 11 is 0. The zero-order valence-corrected chi connectivity index (χ0v) is 11.1. The van der Waals surface area contributed by atoms with E-state index < -0.39 is 25.4 Å². The molecule has 0 radical (unpaired) electrons. The average molecular weight is 298 g/mol. The molecule has 0 aliphatic rings. The van der Waals surface area contributed by atoms with Crippen molar-refractivity contribution in [3.63, 3.8) is 0 Å². The minimum atomic E-state index is -1.07. The average Bonchev–Trinajstić information content (AvgIpc) is 2.36. The van der Waals surface area contributed by atoms with Gasteiger partial charge < -0.3 is 30.6 Å². The van der Waals surface area contributed by atoms with E-state index >= 15 is 0 Å². The van der Waals surface area contributed by atoms with Gasteiger partial charge in [0, 0.05) is 13.1 Å². The van der Waals surface area contributed by atoms with E-state index in [1.165, 1.54) is 4.90 Å². The molecule has 0 aromatic rings. The summed E-state index contributed by atoms with van der Waals surface area (Å²) in [5.41, 5.74) is 0. The molecule has 0 amide bonds. The number of aliphatic hydroxyl groups excluding tert-OH is 4. The van der Waals surface area contributed by atoms with E-state index in [9.17, 15) is 9.59 Å². The van der Waals surface area contributed by atoms with Gasteiger partial charge in [0.05, 0.1) is 33.2 Å². The van der Waals surface area contributed by atoms with Crippen molar-refractivity contribution in [1.82, 2.24) is 9.80 Å². The van der Waals surface area contributed by atoms with E-state index in [0.717, 1.165) is 4.90 Å². The molecule has 0 aliphatic heterocycles. The summed E-state index contributed by atoms with van der Waals surface area (Å²) < 4.78 is 0. The predicted octanol–water partition coefficient (Wildman–Crippen LogP) is -3.37. The Balaban J connectivity index is 0. The van der Waals surface area contributed by atoms with Crippen molar-refractivity contribution in [2.75, 3.05) is 52.9 Å². The van der Waals surface area contributed by atoms with E-state index in [1.807, 2.05) is 0 Å². The topological polar surface area (TPSA) is 162 Å². The predicted molar refractivity (Wildman–Crippen MR) is 66.8 cm³/mol. The van der Waals surface area contributed by atoms with Gasteiger partial charge in [-0.05, 0) is 0 Å². The molecule has 0 unspecified atom stereocenters. The molecule has 10 heteroatoms. The molecule has 0 atom stereocenters. The molecule has 6 N–H and O–H groups in total. The summed E-state index contributed by atoms with van der Waals surface area (Å²) in [4.78, 5) is 22.4. The van der Waals surface area contributed by atoms with Gasteiger partial charge in [0.15, 0.2) is 0 Å². The first-order chi connectivity index (χ1) is 9.40. The van der Waals surface area contributed by atoms with E-state index in [-0.39, 0.29) is 39.4 Å². The number of aliphatic hydroxyl groups is 4. The van der Waals surface area contributed by atoms with Crippen LogP contribution in [-0.2, 0) is 9.59 Å². The Labute approximate surface area is 116 Å². The number of carbonyl (C=O) groups is 2. The normalized spacial score (nSPS) is 10.3. The van der Waals surface area contributed by atoms with Crippen molar-refractivity contribution in [2.24, 2.45) is 0 Å². The largest absolute Gasteiger partial charge is 0.480 e. The van der Waals surface area contributed by atoms with Crippen LogP contribution < -0.4 is 0 Å². The van der Waals surface area contributed by atoms with Gasteiger partial charge in [0.1, 0.15) is 6.54 Å². The number of hydrogen-bond donors (Lipinski definition) is 6. The van der Waals surface area contributed by atoms with Crippen LogP contribution in [0.5, 0.6) is 0 Å². The number of hydrogen-bond acceptors (Lipinski definition) is 8. The van der Waals surface area contributed by atoms with Gasteiger partial charge in [-0.1, -0.05) is 0 Å². The van der Waals surface area contributed by atoms with Gasteiger partial charge in [-0.2, -0.15) is 0 Å². The van der Waals surface area contributed by atoms with Crippen LogP contribution in [0.4, 0.5) is 0 Å². The number of carboxylic acid groups (broad SMARTS) is 2. The van der Waals surface area contributed by atoms with Gasteiger partial charge in [-0.15, -0.1) is 0 Å². The second kappa shape index (κ2) is 14.1. The van der Waals surface area contributed by atoms with Crippen LogP contribution in [0.3, 0.4) is 0 Å². The summed E-state index contributed by atoms with van der Waals surface area (Å²) in [5, 5.41) is 49.9. The Kier molecular flexibility index (Phi) is 14.8. The number of rotatable bonds is 10. The lowest BCUT2D eigenvalue weighted by molar-refractivity contribution is -0.141. The molecule has 0 rings (SSSR count). The highest BCUT2D eigenvalue weighted by Gasteiger charge is 2.07. The lowest BCUT2D eigenvalue weighted by atomic mass is 10.4. The smallest absolute Gasteiger partial charge is 0.317 e. The van der Waals surface area contributed by atoms with Crippen LogP contribution in [0.2, 0.25) is 0 Å². The third-order valence-corrected chi connectivity index (χ3v) is 1.95. The van der Waals surface area contributed by atoms with Gasteiger partial charge in [-0.25, -0.2) is 4.90 Å². The highest BCUT2D eigenvalue weighted by molar-refractivity contribution is 5.69. The van der Waals surface area contributed by atoms with Crippen molar-refractivity contribution in [1.29, 1.82) is 0 Å². The first-order valence-corrected chi connectivity index (χ1v) is 5.72. The zero-order chi connectivity index (χ0) is 16.0. The molecule has 0 aliphatic carbocycles. The van der Waals surface area contributed by atoms with E-state index in [0.29, 0.717) is 0 Å². The number of carboxylic acids is 2. The standard InChI is InChI=1S/C6H13NO4.C4H9NO4/c8-3-1-7(2-4-9)5-6(10)11;6-2-5(3-7)1-4(8)9/h8-9H,1-5H2,(H,10,11);6-7H,1-3H2,(H,8,9). The monoisotopic (exact) mass is 298 g/mol. The van der Waals surface area contributed by atoms with Crippen LogP contribution in [0, 0.1) is 0 Å². The maximum absolute atomic E-state index is 10.2. The lowest BCUT2D eigenvalue weighted by Gasteiger charge is -2.16. The fourth-order valence-corrected chi connectivity index (χ4v) is 1.08. The summed E-state index contributed by atoms with van der Waals surface area (Å²) in [5.74, 6) is -2.02. The van der Waals surface area contributed by atoms with E-state index in [1.54, 1.807) is 0 Å². The van der Waals surface area contributed by atoms with Gasteiger partial charge in [0.2, 0.25) is 0 Å². The van der Waals surface area contributed by atoms with Gasteiger partial charge in [0.25, 0.3) is 0 Å². The maximum atomic E-state index is 10.2. The van der Waals surface area contributed by atoms with Crippen LogP contribution in [0.1, 0.15) is 0 Å². The molecule has 0 aromatic carbocycles. The lowest BCUT2D eigenvalue weighted by Crippen LogP contribution is -2.34. The Morgan fingerprint density at radius 1 is 0.700 bits per heavy atom. The van der Waals surface area contributed by atoms with Crippen molar-refractivity contribution in [3.8, 4) is 0 Å². The SMILES string of the molecule is O=C(O)CN(CCO)CCO.O=C(O)CN(CO)CO. The molecule has 120 valence electrons. The Morgan fingerprint density at radius 3 is 1.25 bits per heavy atom. The molecule has 0 heterocycles. The van der Waals surface area contributed by atoms with Crippen LogP contribution >= 0.6 is 0 Å². The van der Waals surface area contributed by atoms with Crippen molar-refractivity contribution in [3.05, 3.63) is 0 Å². The van der Waals surface area contributed by atoms with Crippen LogP contribution in [0.15, 0.2) is 0 Å². The van der Waals surface area contributed by atoms with Gasteiger partial charge >= 0.3 is 11.9 Å². The molecule has 20 heavy (non-hydrogen) atoms. The fourth-order valence-electron chi connectivity index (χ4n) is 1.08. The van der Waals surface area contributed by atoms with Crippen LogP contribution in [0.25, 0.3) is 0 Å². The first-order valence-electron chi connectivity index (χ1n) is 5.72. The highest BCUT2D eigenvalue weighted by Crippen LogP contribution is 1.85. The summed E-state index contributed by atoms with van der Waals surface area (Å²) in [7, 11) is 0. The number of nitrogens with zero attached hydrogens (tertiary/aromatic N) is 2. The second-order valence-electron chi connectivity index (χ2n) is 3.62. The quantitative estimate of drug-likeness (QED) is 0.224. The molecule has 10 nitrogen and oxygen atoms in total. The molecular weight excluding hydrogens is 276 g/mol. The molecule has 0 aromatic heterocycles. The minimum absolute atomic E-state index is 0.0900. The molecular formula is C10H22N2O8. The highest BCUT2D eigenvalue weighted by atomic mass is 16.4. The fraction of sp³-hybridized carbons (Fsp3) is 0.800.